The Morgan fingerprint density at radius 2 is 1.04 bits per heavy atom. The summed E-state index contributed by atoms with van der Waals surface area (Å²) in [6, 6.07) is 59.6. The second-order valence-corrected chi connectivity index (χ2v) is 16.6. The summed E-state index contributed by atoms with van der Waals surface area (Å²) in [5, 5.41) is 25.9. The Bertz CT molecular complexity index is 3250. The summed E-state index contributed by atoms with van der Waals surface area (Å²) >= 11 is 0. The highest BCUT2D eigenvalue weighted by Gasteiger charge is 2.13. The molecule has 13 nitrogen and oxygen atoms in total. The highest BCUT2D eigenvalue weighted by atomic mass is 16.2. The van der Waals surface area contributed by atoms with Gasteiger partial charge in [0.05, 0.1) is 30.3 Å². The third kappa shape index (κ3) is 12.8. The van der Waals surface area contributed by atoms with Crippen molar-refractivity contribution in [2.24, 2.45) is 0 Å². The summed E-state index contributed by atoms with van der Waals surface area (Å²) in [7, 11) is 0. The number of rotatable bonds is 16. The van der Waals surface area contributed by atoms with E-state index in [1.807, 2.05) is 163 Å². The molecule has 0 spiro atoms. The van der Waals surface area contributed by atoms with Crippen LogP contribution in [0.1, 0.15) is 33.5 Å². The van der Waals surface area contributed by atoms with E-state index in [0.717, 1.165) is 86.5 Å². The molecule has 0 aliphatic heterocycles. The van der Waals surface area contributed by atoms with Gasteiger partial charge in [-0.3, -0.25) is 14.8 Å². The van der Waals surface area contributed by atoms with E-state index in [9.17, 15) is 9.59 Å². The van der Waals surface area contributed by atoms with Gasteiger partial charge >= 0.3 is 6.03 Å². The number of nitrogens with one attached hydrogen (secondary N) is 3. The van der Waals surface area contributed by atoms with Crippen LogP contribution in [0.15, 0.2) is 219 Å². The van der Waals surface area contributed by atoms with E-state index in [1.165, 1.54) is 5.56 Å². The van der Waals surface area contributed by atoms with Crippen molar-refractivity contribution in [3.63, 3.8) is 0 Å². The lowest BCUT2D eigenvalue weighted by Gasteiger charge is -2.12. The van der Waals surface area contributed by atoms with Crippen LogP contribution in [0.3, 0.4) is 0 Å². The van der Waals surface area contributed by atoms with Gasteiger partial charge in [-0.15, -0.1) is 10.2 Å². The van der Waals surface area contributed by atoms with E-state index >= 15 is 0 Å². The summed E-state index contributed by atoms with van der Waals surface area (Å²) in [5.74, 6) is -0.0459. The predicted molar refractivity (Wildman–Crippen MR) is 279 cm³/mol. The maximum atomic E-state index is 12.8. The van der Waals surface area contributed by atoms with Crippen molar-refractivity contribution in [1.82, 2.24) is 50.6 Å². The number of benzene rings is 6. The zero-order valence-electron chi connectivity index (χ0n) is 38.9. The second-order valence-electron chi connectivity index (χ2n) is 16.6. The third-order valence-electron chi connectivity index (χ3n) is 11.7. The average molecular weight is 934 g/mol. The van der Waals surface area contributed by atoms with Crippen LogP contribution in [0, 0.1) is 0 Å². The average Bonchev–Trinajstić information content (AvgIpc) is 4.13. The minimum atomic E-state index is -0.217. The molecule has 0 atom stereocenters. The predicted octanol–water partition coefficient (Wildman–Crippen LogP) is 10.8. The highest BCUT2D eigenvalue weighted by Crippen LogP contribution is 2.28. The fourth-order valence-corrected chi connectivity index (χ4v) is 7.96. The summed E-state index contributed by atoms with van der Waals surface area (Å²) in [4.78, 5) is 33.6. The minimum absolute atomic E-state index is 0.0459. The van der Waals surface area contributed by atoms with Gasteiger partial charge in [-0.2, -0.15) is 0 Å². The molecule has 4 aromatic heterocycles. The van der Waals surface area contributed by atoms with Crippen molar-refractivity contribution in [1.29, 1.82) is 0 Å². The zero-order chi connectivity index (χ0) is 48.5. The lowest BCUT2D eigenvalue weighted by atomic mass is 9.99. The Morgan fingerprint density at radius 3 is 1.73 bits per heavy atom. The Kier molecular flexibility index (Phi) is 15.5. The van der Waals surface area contributed by atoms with Gasteiger partial charge in [0.1, 0.15) is 11.4 Å². The summed E-state index contributed by atoms with van der Waals surface area (Å²) in [6.07, 6.45) is 13.3. The van der Waals surface area contributed by atoms with Crippen LogP contribution < -0.4 is 16.0 Å². The smallest absolute Gasteiger partial charge is 0.319 e. The fourth-order valence-electron chi connectivity index (χ4n) is 7.96. The van der Waals surface area contributed by atoms with Gasteiger partial charge < -0.3 is 16.0 Å². The molecule has 13 heteroatoms. The van der Waals surface area contributed by atoms with Crippen LogP contribution in [-0.4, -0.2) is 65.0 Å². The standard InChI is InChI=1S/C29H26N6O.C29H25N5O/c36-29(32-27-11-5-4-10-26(27)24-7-2-1-3-8-24)31-18-16-22-12-14-23(15-13-22)20-35-21-28(33-34-35)25-9-6-17-30-19-25;35-29(27-13-5-4-12-26(27)23-9-2-1-3-10-23)31-19-6-8-22-14-16-25(17-15-22)34-21-28(32-33-34)24-11-7-18-30-20-24/h1-15,17,19,21H,16,18,20H2,(H2,31,32,36);1-5,7,9-18,20-21H,6,8,19H2,(H,31,35). The van der Waals surface area contributed by atoms with Gasteiger partial charge in [0.15, 0.2) is 0 Å². The molecule has 0 aliphatic rings. The Balaban J connectivity index is 0.000000176. The number of pyridine rings is 2. The number of aromatic nitrogens is 8. The maximum absolute atomic E-state index is 12.8. The molecule has 0 radical (unpaired) electrons. The number of aryl methyl sites for hydroxylation is 1. The van der Waals surface area contributed by atoms with E-state index in [-0.39, 0.29) is 11.9 Å². The largest absolute Gasteiger partial charge is 0.352 e. The number of urea groups is 1. The zero-order valence-corrected chi connectivity index (χ0v) is 38.9. The number of nitrogens with zero attached hydrogens (tertiary/aromatic N) is 8. The SMILES string of the molecule is O=C(NCCCc1ccc(-n2cc(-c3cccnc3)nn2)cc1)c1ccccc1-c1ccccc1.O=C(NCCc1ccc(Cn2cc(-c3cccnc3)nn2)cc1)Nc1ccccc1-c1ccccc1. The van der Waals surface area contributed by atoms with Crippen molar-refractivity contribution in [2.75, 3.05) is 18.4 Å². The monoisotopic (exact) mass is 933 g/mol. The number of amides is 3. The maximum Gasteiger partial charge on any atom is 0.319 e. The minimum Gasteiger partial charge on any atom is -0.352 e. The van der Waals surface area contributed by atoms with Gasteiger partial charge in [0.25, 0.3) is 5.91 Å². The van der Waals surface area contributed by atoms with Crippen LogP contribution in [-0.2, 0) is 19.4 Å². The van der Waals surface area contributed by atoms with Gasteiger partial charge in [-0.1, -0.05) is 144 Å². The van der Waals surface area contributed by atoms with Gasteiger partial charge in [0.2, 0.25) is 0 Å². The Hall–Kier alpha value is -9.36. The number of carbonyl (C=O) groups is 2. The Morgan fingerprint density at radius 1 is 0.479 bits per heavy atom. The summed E-state index contributed by atoms with van der Waals surface area (Å²) in [6.45, 7) is 1.78. The van der Waals surface area contributed by atoms with Crippen LogP contribution >= 0.6 is 0 Å². The van der Waals surface area contributed by atoms with E-state index < -0.39 is 0 Å². The van der Waals surface area contributed by atoms with Gasteiger partial charge in [-0.05, 0) is 101 Å². The van der Waals surface area contributed by atoms with Gasteiger partial charge in [-0.25, -0.2) is 14.2 Å². The van der Waals surface area contributed by atoms with Crippen molar-refractivity contribution in [3.05, 3.63) is 241 Å². The van der Waals surface area contributed by atoms with E-state index in [2.05, 4.69) is 82.9 Å². The van der Waals surface area contributed by atoms with E-state index in [1.54, 1.807) is 29.5 Å². The molecule has 0 fully saturated rings. The topological polar surface area (TPSA) is 157 Å². The van der Waals surface area contributed by atoms with E-state index in [0.29, 0.717) is 25.2 Å². The van der Waals surface area contributed by atoms with Crippen molar-refractivity contribution in [3.8, 4) is 50.5 Å². The quantitative estimate of drug-likeness (QED) is 0.0808. The molecular formula is C58H51N11O2. The molecule has 6 aromatic carbocycles. The van der Waals surface area contributed by atoms with Crippen molar-refractivity contribution < 1.29 is 9.59 Å². The molecular weight excluding hydrogens is 883 g/mol. The molecule has 0 bridgehead atoms. The molecule has 10 rings (SSSR count). The van der Waals surface area contributed by atoms with Crippen LogP contribution in [0.25, 0.3) is 50.5 Å². The summed E-state index contributed by atoms with van der Waals surface area (Å²) in [5.41, 5.74) is 13.4. The molecule has 3 N–H and O–H groups in total. The molecule has 0 aliphatic carbocycles. The number of anilines is 1. The molecule has 3 amide bonds. The number of para-hydroxylation sites is 1. The first-order valence-electron chi connectivity index (χ1n) is 23.4. The Labute approximate surface area is 412 Å². The molecule has 0 saturated heterocycles. The number of hydrogen-bond donors (Lipinski definition) is 3. The third-order valence-corrected chi connectivity index (χ3v) is 11.7. The number of carbonyl (C=O) groups excluding carboxylic acids is 2. The van der Waals surface area contributed by atoms with Gasteiger partial charge in [0, 0.05) is 60.1 Å². The van der Waals surface area contributed by atoms with Crippen molar-refractivity contribution >= 4 is 17.6 Å². The lowest BCUT2D eigenvalue weighted by molar-refractivity contribution is 0.0953. The van der Waals surface area contributed by atoms with Crippen molar-refractivity contribution in [2.45, 2.75) is 25.8 Å². The molecule has 350 valence electrons. The molecule has 71 heavy (non-hydrogen) atoms. The molecule has 10 aromatic rings. The summed E-state index contributed by atoms with van der Waals surface area (Å²) < 4.78 is 3.58. The normalized spacial score (nSPS) is 10.7. The van der Waals surface area contributed by atoms with Crippen LogP contribution in [0.2, 0.25) is 0 Å². The van der Waals surface area contributed by atoms with Crippen LogP contribution in [0.5, 0.6) is 0 Å². The highest BCUT2D eigenvalue weighted by molar-refractivity contribution is 6.01. The molecule has 0 unspecified atom stereocenters. The van der Waals surface area contributed by atoms with Crippen LogP contribution in [0.4, 0.5) is 10.5 Å². The first-order valence-corrected chi connectivity index (χ1v) is 23.4. The molecule has 4 heterocycles. The lowest BCUT2D eigenvalue weighted by Crippen LogP contribution is -2.30. The fraction of sp³-hybridized carbons (Fsp3) is 0.103. The first-order chi connectivity index (χ1) is 35.0. The van der Waals surface area contributed by atoms with E-state index in [4.69, 9.17) is 0 Å². The first kappa shape index (κ1) is 46.7. The second kappa shape index (κ2) is 23.6. The molecule has 0 saturated carbocycles. The number of hydrogen-bond acceptors (Lipinski definition) is 8.